The van der Waals surface area contributed by atoms with Gasteiger partial charge in [-0.3, -0.25) is 14.5 Å². The van der Waals surface area contributed by atoms with Crippen LogP contribution in [0.3, 0.4) is 0 Å². The van der Waals surface area contributed by atoms with Crippen molar-refractivity contribution in [1.29, 1.82) is 0 Å². The molecule has 138 valence electrons. The molecule has 2 unspecified atom stereocenters. The smallest absolute Gasteiger partial charge is 0.304 e. The second-order valence-corrected chi connectivity index (χ2v) is 6.03. The van der Waals surface area contributed by atoms with Crippen LogP contribution in [0.25, 0.3) is 0 Å². The molecule has 0 radical (unpaired) electrons. The van der Waals surface area contributed by atoms with E-state index in [1.54, 1.807) is 13.2 Å². The van der Waals surface area contributed by atoms with Crippen molar-refractivity contribution in [1.82, 2.24) is 4.90 Å². The number of hydrogen-bond acceptors (Lipinski definition) is 7. The third kappa shape index (κ3) is 3.56. The number of ether oxygens (including phenoxy) is 4. The Morgan fingerprint density at radius 3 is 2.20 bits per heavy atom. The number of methoxy groups -OCH3 is 3. The van der Waals surface area contributed by atoms with Gasteiger partial charge in [-0.15, -0.1) is 0 Å². The van der Waals surface area contributed by atoms with Crippen molar-refractivity contribution >= 4 is 11.8 Å². The van der Waals surface area contributed by atoms with Gasteiger partial charge in [0, 0.05) is 31.0 Å². The average molecular weight is 351 g/mol. The molecule has 0 saturated carbocycles. The van der Waals surface area contributed by atoms with Crippen molar-refractivity contribution in [3.05, 3.63) is 17.2 Å². The number of carbonyl (C=O) groups excluding carboxylic acids is 2. The van der Waals surface area contributed by atoms with Crippen LogP contribution in [-0.4, -0.2) is 57.8 Å². The summed E-state index contributed by atoms with van der Waals surface area (Å²) in [5.41, 5.74) is 1.07. The molecule has 0 spiro atoms. The van der Waals surface area contributed by atoms with Gasteiger partial charge in [-0.05, 0) is 20.4 Å². The highest BCUT2D eigenvalue weighted by atomic mass is 16.6. The topological polar surface area (TPSA) is 74.3 Å². The first-order chi connectivity index (χ1) is 11.8. The number of ketones is 1. The lowest BCUT2D eigenvalue weighted by Crippen LogP contribution is -2.33. The van der Waals surface area contributed by atoms with Gasteiger partial charge in [0.25, 0.3) is 0 Å². The zero-order valence-corrected chi connectivity index (χ0v) is 15.5. The van der Waals surface area contributed by atoms with Crippen LogP contribution in [0.2, 0.25) is 0 Å². The predicted octanol–water partition coefficient (Wildman–Crippen LogP) is 2.22. The molecule has 1 aliphatic heterocycles. The standard InChI is InChI=1S/C18H25NO6/c1-10(20)15-13(22-4)9-14(23-5)16(17(15)24-6)12-7-8-19(3)18(12)25-11(2)21/h9,12,18H,7-8H2,1-6H3. The van der Waals surface area contributed by atoms with E-state index in [-0.39, 0.29) is 17.7 Å². The first kappa shape index (κ1) is 19.1. The molecule has 7 heteroatoms. The molecule has 2 rings (SSSR count). The van der Waals surface area contributed by atoms with E-state index < -0.39 is 6.23 Å². The quantitative estimate of drug-likeness (QED) is 0.575. The summed E-state index contributed by atoms with van der Waals surface area (Å²) in [6, 6.07) is 1.68. The van der Waals surface area contributed by atoms with E-state index in [1.807, 2.05) is 11.9 Å². The zero-order valence-electron chi connectivity index (χ0n) is 15.5. The summed E-state index contributed by atoms with van der Waals surface area (Å²) in [7, 11) is 6.43. The molecule has 2 atom stereocenters. The average Bonchev–Trinajstić information content (AvgIpc) is 2.92. The molecule has 1 fully saturated rings. The number of carbonyl (C=O) groups is 2. The fraction of sp³-hybridized carbons (Fsp3) is 0.556. The van der Waals surface area contributed by atoms with Crippen molar-refractivity contribution in [3.63, 3.8) is 0 Å². The molecule has 0 amide bonds. The summed E-state index contributed by atoms with van der Waals surface area (Å²) >= 11 is 0. The van der Waals surface area contributed by atoms with Gasteiger partial charge in [0.15, 0.2) is 12.0 Å². The summed E-state index contributed by atoms with van der Waals surface area (Å²) < 4.78 is 22.0. The predicted molar refractivity (Wildman–Crippen MR) is 91.6 cm³/mol. The Hall–Kier alpha value is -2.28. The van der Waals surface area contributed by atoms with E-state index in [0.717, 1.165) is 13.0 Å². The van der Waals surface area contributed by atoms with E-state index in [0.29, 0.717) is 28.4 Å². The lowest BCUT2D eigenvalue weighted by molar-refractivity contribution is -0.153. The number of nitrogens with zero attached hydrogens (tertiary/aromatic N) is 1. The Bertz CT molecular complexity index is 672. The molecule has 7 nitrogen and oxygen atoms in total. The van der Waals surface area contributed by atoms with Crippen LogP contribution in [0.15, 0.2) is 6.07 Å². The fourth-order valence-electron chi connectivity index (χ4n) is 3.40. The van der Waals surface area contributed by atoms with Crippen molar-refractivity contribution in [3.8, 4) is 17.2 Å². The van der Waals surface area contributed by atoms with Crippen molar-refractivity contribution < 1.29 is 28.5 Å². The largest absolute Gasteiger partial charge is 0.496 e. The summed E-state index contributed by atoms with van der Waals surface area (Å²) in [4.78, 5) is 25.7. The first-order valence-corrected chi connectivity index (χ1v) is 8.06. The van der Waals surface area contributed by atoms with Gasteiger partial charge >= 0.3 is 5.97 Å². The Kier molecular flexibility index (Phi) is 5.89. The van der Waals surface area contributed by atoms with E-state index in [9.17, 15) is 9.59 Å². The maximum Gasteiger partial charge on any atom is 0.304 e. The molecule has 0 bridgehead atoms. The normalized spacial score (nSPS) is 20.2. The highest BCUT2D eigenvalue weighted by Gasteiger charge is 2.40. The molecule has 1 aromatic rings. The first-order valence-electron chi connectivity index (χ1n) is 8.06. The van der Waals surface area contributed by atoms with Crippen LogP contribution in [0.4, 0.5) is 0 Å². The van der Waals surface area contributed by atoms with Crippen molar-refractivity contribution in [2.45, 2.75) is 32.4 Å². The molecule has 0 aliphatic carbocycles. The van der Waals surface area contributed by atoms with Gasteiger partial charge < -0.3 is 18.9 Å². The van der Waals surface area contributed by atoms with Crippen LogP contribution >= 0.6 is 0 Å². The number of likely N-dealkylation sites (tertiary alicyclic amines) is 1. The summed E-state index contributed by atoms with van der Waals surface area (Å²) in [5, 5.41) is 0. The molecule has 0 N–H and O–H groups in total. The monoisotopic (exact) mass is 351 g/mol. The summed E-state index contributed by atoms with van der Waals surface area (Å²) in [6.45, 7) is 3.59. The van der Waals surface area contributed by atoms with Crippen LogP contribution in [-0.2, 0) is 9.53 Å². The van der Waals surface area contributed by atoms with E-state index in [1.165, 1.54) is 28.1 Å². The van der Waals surface area contributed by atoms with Gasteiger partial charge in [-0.25, -0.2) is 0 Å². The number of rotatable bonds is 6. The second kappa shape index (κ2) is 7.74. The highest BCUT2D eigenvalue weighted by molar-refractivity contribution is 6.00. The Balaban J connectivity index is 2.68. The van der Waals surface area contributed by atoms with E-state index in [2.05, 4.69) is 0 Å². The zero-order chi connectivity index (χ0) is 18.7. The number of Topliss-reactive ketones (excluding diaryl/α,β-unsaturated/α-hetero) is 1. The molecule has 1 aliphatic rings. The highest BCUT2D eigenvalue weighted by Crippen LogP contribution is 2.48. The lowest BCUT2D eigenvalue weighted by Gasteiger charge is -2.28. The Morgan fingerprint density at radius 1 is 1.08 bits per heavy atom. The lowest BCUT2D eigenvalue weighted by atomic mass is 9.91. The van der Waals surface area contributed by atoms with Crippen LogP contribution in [0, 0.1) is 0 Å². The molecule has 0 aromatic heterocycles. The van der Waals surface area contributed by atoms with Crippen molar-refractivity contribution in [2.75, 3.05) is 34.9 Å². The minimum Gasteiger partial charge on any atom is -0.496 e. The minimum absolute atomic E-state index is 0.173. The maximum absolute atomic E-state index is 12.2. The third-order valence-corrected chi connectivity index (χ3v) is 4.47. The van der Waals surface area contributed by atoms with Crippen LogP contribution < -0.4 is 14.2 Å². The summed E-state index contributed by atoms with van der Waals surface area (Å²) in [5.74, 6) is 0.621. The Morgan fingerprint density at radius 2 is 1.72 bits per heavy atom. The van der Waals surface area contributed by atoms with Gasteiger partial charge in [-0.1, -0.05) is 0 Å². The van der Waals surface area contributed by atoms with Gasteiger partial charge in [0.1, 0.15) is 22.8 Å². The summed E-state index contributed by atoms with van der Waals surface area (Å²) in [6.07, 6.45) is 0.290. The van der Waals surface area contributed by atoms with E-state index >= 15 is 0 Å². The molecular formula is C18H25NO6. The third-order valence-electron chi connectivity index (χ3n) is 4.47. The Labute approximate surface area is 147 Å². The number of likely N-dealkylation sites (N-methyl/N-ethyl adjacent to an activating group) is 1. The fourth-order valence-corrected chi connectivity index (χ4v) is 3.40. The van der Waals surface area contributed by atoms with Crippen LogP contribution in [0.5, 0.6) is 17.2 Å². The molecule has 1 saturated heterocycles. The second-order valence-electron chi connectivity index (χ2n) is 6.03. The minimum atomic E-state index is -0.450. The van der Waals surface area contributed by atoms with Crippen molar-refractivity contribution in [2.24, 2.45) is 0 Å². The molecule has 1 aromatic carbocycles. The number of esters is 1. The maximum atomic E-state index is 12.2. The molecular weight excluding hydrogens is 326 g/mol. The van der Waals surface area contributed by atoms with Gasteiger partial charge in [-0.2, -0.15) is 0 Å². The SMILES string of the molecule is COc1cc(OC)c(C2CCN(C)C2OC(C)=O)c(OC)c1C(C)=O. The number of hydrogen-bond donors (Lipinski definition) is 0. The molecule has 1 heterocycles. The molecule has 25 heavy (non-hydrogen) atoms. The van der Waals surface area contributed by atoms with E-state index in [4.69, 9.17) is 18.9 Å². The van der Waals surface area contributed by atoms with Gasteiger partial charge in [0.2, 0.25) is 0 Å². The van der Waals surface area contributed by atoms with Gasteiger partial charge in [0.05, 0.1) is 21.3 Å². The van der Waals surface area contributed by atoms with Crippen LogP contribution in [0.1, 0.15) is 42.1 Å². The number of benzene rings is 1.